The van der Waals surface area contributed by atoms with Crippen LogP contribution in [0.3, 0.4) is 0 Å². The van der Waals surface area contributed by atoms with E-state index in [1.807, 2.05) is 0 Å². The first-order valence-corrected chi connectivity index (χ1v) is 5.87. The molecule has 1 N–H and O–H groups in total. The van der Waals surface area contributed by atoms with Crippen molar-refractivity contribution in [2.45, 2.75) is 19.8 Å². The van der Waals surface area contributed by atoms with Gasteiger partial charge in [0.25, 0.3) is 0 Å². The highest BCUT2D eigenvalue weighted by Crippen LogP contribution is 1.83. The van der Waals surface area contributed by atoms with E-state index >= 15 is 0 Å². The van der Waals surface area contributed by atoms with Gasteiger partial charge in [0, 0.05) is 25.6 Å². The molecule has 0 aliphatic heterocycles. The summed E-state index contributed by atoms with van der Waals surface area (Å²) in [7, 11) is 0. The Morgan fingerprint density at radius 3 is 2.50 bits per heavy atom. The normalized spacial score (nSPS) is 10.7. The lowest BCUT2D eigenvalue weighted by atomic mass is 10.4. The van der Waals surface area contributed by atoms with Gasteiger partial charge >= 0.3 is 0 Å². The summed E-state index contributed by atoms with van der Waals surface area (Å²) in [5, 5.41) is 3.28. The van der Waals surface area contributed by atoms with Crippen molar-refractivity contribution in [2.24, 2.45) is 0 Å². The first-order valence-electron chi connectivity index (χ1n) is 5.34. The lowest BCUT2D eigenvalue weighted by Crippen LogP contribution is -2.22. The second kappa shape index (κ2) is 13.2. The Hall–Kier alpha value is 0.170. The number of hydrogen-bond acceptors (Lipinski definition) is 3. The maximum Gasteiger partial charge on any atom is 0.0601 e. The molecule has 0 heterocycles. The molecule has 0 aromatic heterocycles. The second-order valence-electron chi connectivity index (χ2n) is 3.02. The summed E-state index contributed by atoms with van der Waals surface area (Å²) in [5.74, 6) is 0.582. The first kappa shape index (κ1) is 14.2. The van der Waals surface area contributed by atoms with Crippen molar-refractivity contribution in [1.29, 1.82) is 0 Å². The Morgan fingerprint density at radius 2 is 1.79 bits per heavy atom. The van der Waals surface area contributed by atoms with Crippen LogP contribution in [0, 0.1) is 0 Å². The SMILES string of the molecule is CCCOCCNCCCOCCCl. The van der Waals surface area contributed by atoms with Gasteiger partial charge in [-0.05, 0) is 19.4 Å². The monoisotopic (exact) mass is 223 g/mol. The van der Waals surface area contributed by atoms with Gasteiger partial charge in [0.2, 0.25) is 0 Å². The Kier molecular flexibility index (Phi) is 13.3. The predicted octanol–water partition coefficient (Wildman–Crippen LogP) is 1.65. The third-order valence-electron chi connectivity index (χ3n) is 1.64. The summed E-state index contributed by atoms with van der Waals surface area (Å²) >= 11 is 5.46. The average Bonchev–Trinajstić information content (AvgIpc) is 2.21. The molecule has 0 fully saturated rings. The average molecular weight is 224 g/mol. The lowest BCUT2D eigenvalue weighted by molar-refractivity contribution is 0.131. The van der Waals surface area contributed by atoms with Crippen LogP contribution in [0.25, 0.3) is 0 Å². The minimum Gasteiger partial charge on any atom is -0.380 e. The van der Waals surface area contributed by atoms with Crippen molar-refractivity contribution in [3.63, 3.8) is 0 Å². The highest BCUT2D eigenvalue weighted by atomic mass is 35.5. The van der Waals surface area contributed by atoms with Gasteiger partial charge in [-0.1, -0.05) is 6.92 Å². The van der Waals surface area contributed by atoms with Gasteiger partial charge in [-0.3, -0.25) is 0 Å². The fourth-order valence-corrected chi connectivity index (χ4v) is 1.08. The molecule has 0 spiro atoms. The Balaban J connectivity index is 2.78. The van der Waals surface area contributed by atoms with E-state index in [0.717, 1.165) is 45.8 Å². The predicted molar refractivity (Wildman–Crippen MR) is 60.1 cm³/mol. The van der Waals surface area contributed by atoms with E-state index in [9.17, 15) is 0 Å². The van der Waals surface area contributed by atoms with E-state index in [0.29, 0.717) is 12.5 Å². The zero-order chi connectivity index (χ0) is 10.5. The molecule has 0 rings (SSSR count). The molecule has 0 atom stereocenters. The highest BCUT2D eigenvalue weighted by molar-refractivity contribution is 6.17. The fourth-order valence-electron chi connectivity index (χ4n) is 0.972. The molecule has 86 valence electrons. The summed E-state index contributed by atoms with van der Waals surface area (Å²) in [6.45, 7) is 7.13. The number of hydrogen-bond donors (Lipinski definition) is 1. The van der Waals surface area contributed by atoms with Crippen LogP contribution in [0.2, 0.25) is 0 Å². The fraction of sp³-hybridized carbons (Fsp3) is 1.00. The summed E-state index contributed by atoms with van der Waals surface area (Å²) in [6.07, 6.45) is 2.12. The topological polar surface area (TPSA) is 30.5 Å². The van der Waals surface area contributed by atoms with Crippen molar-refractivity contribution in [2.75, 3.05) is 45.4 Å². The van der Waals surface area contributed by atoms with Crippen LogP contribution < -0.4 is 5.32 Å². The van der Waals surface area contributed by atoms with Gasteiger partial charge in [-0.2, -0.15) is 0 Å². The van der Waals surface area contributed by atoms with Crippen LogP contribution >= 0.6 is 11.6 Å². The maximum absolute atomic E-state index is 5.46. The van der Waals surface area contributed by atoms with Crippen molar-refractivity contribution < 1.29 is 9.47 Å². The molecule has 14 heavy (non-hydrogen) atoms. The second-order valence-corrected chi connectivity index (χ2v) is 3.40. The molecule has 0 radical (unpaired) electrons. The van der Waals surface area contributed by atoms with Crippen LogP contribution in [0.1, 0.15) is 19.8 Å². The smallest absolute Gasteiger partial charge is 0.0601 e. The summed E-state index contributed by atoms with van der Waals surface area (Å²) in [6, 6.07) is 0. The molecular weight excluding hydrogens is 202 g/mol. The van der Waals surface area contributed by atoms with E-state index < -0.39 is 0 Å². The minimum absolute atomic E-state index is 0.582. The van der Waals surface area contributed by atoms with Crippen molar-refractivity contribution in [3.8, 4) is 0 Å². The van der Waals surface area contributed by atoms with E-state index in [2.05, 4.69) is 12.2 Å². The molecule has 4 heteroatoms. The Labute approximate surface area is 92.1 Å². The lowest BCUT2D eigenvalue weighted by Gasteiger charge is -2.05. The zero-order valence-corrected chi connectivity index (χ0v) is 9.81. The molecule has 0 aromatic rings. The van der Waals surface area contributed by atoms with E-state index in [-0.39, 0.29) is 0 Å². The van der Waals surface area contributed by atoms with Gasteiger partial charge in [-0.25, -0.2) is 0 Å². The summed E-state index contributed by atoms with van der Waals surface area (Å²) in [4.78, 5) is 0. The van der Waals surface area contributed by atoms with Crippen LogP contribution in [-0.4, -0.2) is 45.4 Å². The van der Waals surface area contributed by atoms with Crippen LogP contribution in [0.4, 0.5) is 0 Å². The first-order chi connectivity index (χ1) is 6.91. The summed E-state index contributed by atoms with van der Waals surface area (Å²) in [5.41, 5.74) is 0. The number of halogens is 1. The van der Waals surface area contributed by atoms with Crippen LogP contribution in [0.5, 0.6) is 0 Å². The zero-order valence-electron chi connectivity index (χ0n) is 9.06. The molecule has 0 aromatic carbocycles. The molecule has 0 saturated carbocycles. The van der Waals surface area contributed by atoms with Gasteiger partial charge in [-0.15, -0.1) is 11.6 Å². The van der Waals surface area contributed by atoms with Crippen molar-refractivity contribution >= 4 is 11.6 Å². The highest BCUT2D eigenvalue weighted by Gasteiger charge is 1.89. The molecule has 0 saturated heterocycles. The van der Waals surface area contributed by atoms with Gasteiger partial charge in [0.15, 0.2) is 0 Å². The minimum atomic E-state index is 0.582. The molecule has 0 aliphatic rings. The van der Waals surface area contributed by atoms with Crippen molar-refractivity contribution in [3.05, 3.63) is 0 Å². The third-order valence-corrected chi connectivity index (χ3v) is 1.79. The molecule has 0 amide bonds. The molecule has 3 nitrogen and oxygen atoms in total. The van der Waals surface area contributed by atoms with Crippen molar-refractivity contribution in [1.82, 2.24) is 5.32 Å². The maximum atomic E-state index is 5.46. The number of rotatable bonds is 11. The summed E-state index contributed by atoms with van der Waals surface area (Å²) < 4.78 is 10.5. The Bertz CT molecular complexity index is 92.1. The molecule has 0 aliphatic carbocycles. The van der Waals surface area contributed by atoms with Gasteiger partial charge in [0.1, 0.15) is 0 Å². The number of ether oxygens (including phenoxy) is 2. The molecular formula is C10H22ClNO2. The third kappa shape index (κ3) is 12.2. The van der Waals surface area contributed by atoms with Gasteiger partial charge < -0.3 is 14.8 Å². The number of alkyl halides is 1. The van der Waals surface area contributed by atoms with E-state index in [4.69, 9.17) is 21.1 Å². The van der Waals surface area contributed by atoms with E-state index in [1.54, 1.807) is 0 Å². The molecule has 0 bridgehead atoms. The van der Waals surface area contributed by atoms with Crippen LogP contribution in [-0.2, 0) is 9.47 Å². The largest absolute Gasteiger partial charge is 0.380 e. The molecule has 0 unspecified atom stereocenters. The van der Waals surface area contributed by atoms with E-state index in [1.165, 1.54) is 0 Å². The number of nitrogens with one attached hydrogen (secondary N) is 1. The Morgan fingerprint density at radius 1 is 1.00 bits per heavy atom. The van der Waals surface area contributed by atoms with Gasteiger partial charge in [0.05, 0.1) is 13.2 Å². The van der Waals surface area contributed by atoms with Crippen LogP contribution in [0.15, 0.2) is 0 Å². The standard InChI is InChI=1S/C10H22ClNO2/c1-2-7-13-10-6-12-5-3-8-14-9-4-11/h12H,2-10H2,1H3. The quantitative estimate of drug-likeness (QED) is 0.427.